The van der Waals surface area contributed by atoms with Crippen LogP contribution >= 0.6 is 0 Å². The summed E-state index contributed by atoms with van der Waals surface area (Å²) in [5.41, 5.74) is 4.51. The molecule has 3 aromatic rings. The van der Waals surface area contributed by atoms with Gasteiger partial charge in [-0.3, -0.25) is 0 Å². The molecule has 3 aromatic carbocycles. The Bertz CT molecular complexity index is 897. The lowest BCUT2D eigenvalue weighted by molar-refractivity contribution is 0.339. The maximum absolute atomic E-state index is 13.4. The second-order valence-corrected chi connectivity index (χ2v) is 5.92. The molecular formula is C23H20F2O. The first-order valence-electron chi connectivity index (χ1n) is 8.55. The molecule has 0 unspecified atom stereocenters. The highest BCUT2D eigenvalue weighted by atomic mass is 19.1. The van der Waals surface area contributed by atoms with Gasteiger partial charge in [0.25, 0.3) is 0 Å². The van der Waals surface area contributed by atoms with E-state index in [0.29, 0.717) is 13.0 Å². The molecular weight excluding hydrogens is 330 g/mol. The van der Waals surface area contributed by atoms with Crippen molar-refractivity contribution in [2.24, 2.45) is 0 Å². The van der Waals surface area contributed by atoms with Gasteiger partial charge in [0.2, 0.25) is 0 Å². The van der Waals surface area contributed by atoms with E-state index in [-0.39, 0.29) is 11.6 Å². The highest BCUT2D eigenvalue weighted by Crippen LogP contribution is 2.42. The zero-order chi connectivity index (χ0) is 18.5. The van der Waals surface area contributed by atoms with E-state index >= 15 is 0 Å². The van der Waals surface area contributed by atoms with E-state index in [1.807, 2.05) is 25.1 Å². The molecule has 1 nitrogen and oxygen atoms in total. The molecule has 0 aliphatic rings. The van der Waals surface area contributed by atoms with Crippen LogP contribution in [0.3, 0.4) is 0 Å². The predicted octanol–water partition coefficient (Wildman–Crippen LogP) is 6.43. The molecule has 0 N–H and O–H groups in total. The summed E-state index contributed by atoms with van der Waals surface area (Å²) >= 11 is 0. The predicted molar refractivity (Wildman–Crippen MR) is 102 cm³/mol. The van der Waals surface area contributed by atoms with Crippen molar-refractivity contribution in [2.45, 2.75) is 13.3 Å². The average molecular weight is 350 g/mol. The van der Waals surface area contributed by atoms with Crippen molar-refractivity contribution in [1.82, 2.24) is 0 Å². The number of hydrogen-bond acceptors (Lipinski definition) is 1. The van der Waals surface area contributed by atoms with Crippen molar-refractivity contribution in [2.75, 3.05) is 6.61 Å². The van der Waals surface area contributed by atoms with Crippen LogP contribution in [0.5, 0.6) is 5.75 Å². The quantitative estimate of drug-likeness (QED) is 0.466. The van der Waals surface area contributed by atoms with Gasteiger partial charge in [-0.05, 0) is 59.9 Å². The first kappa shape index (κ1) is 17.9. The number of benzene rings is 3. The Morgan fingerprint density at radius 1 is 0.846 bits per heavy atom. The summed E-state index contributed by atoms with van der Waals surface area (Å²) in [5.74, 6) is 0.170. The zero-order valence-corrected chi connectivity index (χ0v) is 14.6. The Morgan fingerprint density at radius 2 is 1.42 bits per heavy atom. The van der Waals surface area contributed by atoms with Gasteiger partial charge in [0.15, 0.2) is 0 Å². The molecule has 0 atom stereocenters. The smallest absolute Gasteiger partial charge is 0.131 e. The second kappa shape index (κ2) is 7.96. The Balaban J connectivity index is 2.29. The molecule has 0 aliphatic carbocycles. The van der Waals surface area contributed by atoms with Gasteiger partial charge < -0.3 is 4.74 Å². The number of hydrogen-bond donors (Lipinski definition) is 0. The van der Waals surface area contributed by atoms with Crippen LogP contribution in [-0.4, -0.2) is 6.61 Å². The van der Waals surface area contributed by atoms with Gasteiger partial charge in [0.1, 0.15) is 17.4 Å². The SMILES string of the molecule is C=CCc1ccc(-c2ccc(F)cc2)c(-c2ccc(F)cc2)c1OCC. The minimum atomic E-state index is -0.294. The largest absolute Gasteiger partial charge is 0.493 e. The third kappa shape index (κ3) is 3.67. The summed E-state index contributed by atoms with van der Waals surface area (Å²) < 4.78 is 32.8. The van der Waals surface area contributed by atoms with Crippen molar-refractivity contribution >= 4 is 0 Å². The number of halogens is 2. The van der Waals surface area contributed by atoms with Crippen LogP contribution in [0.15, 0.2) is 73.3 Å². The van der Waals surface area contributed by atoms with Crippen LogP contribution in [0.4, 0.5) is 8.78 Å². The summed E-state index contributed by atoms with van der Waals surface area (Å²) in [5, 5.41) is 0. The summed E-state index contributed by atoms with van der Waals surface area (Å²) in [7, 11) is 0. The van der Waals surface area contributed by atoms with Crippen molar-refractivity contribution in [3.63, 3.8) is 0 Å². The molecule has 0 saturated carbocycles. The van der Waals surface area contributed by atoms with E-state index in [1.54, 1.807) is 24.3 Å². The van der Waals surface area contributed by atoms with E-state index < -0.39 is 0 Å². The van der Waals surface area contributed by atoms with Gasteiger partial charge in [-0.25, -0.2) is 8.78 Å². The number of allylic oxidation sites excluding steroid dienone is 1. The molecule has 0 bridgehead atoms. The molecule has 0 aliphatic heterocycles. The van der Waals surface area contributed by atoms with Crippen LogP contribution in [0, 0.1) is 11.6 Å². The van der Waals surface area contributed by atoms with Crippen LogP contribution in [0.2, 0.25) is 0 Å². The van der Waals surface area contributed by atoms with Crippen LogP contribution in [-0.2, 0) is 6.42 Å². The minimum Gasteiger partial charge on any atom is -0.493 e. The number of rotatable bonds is 6. The Labute approximate surface area is 152 Å². The fraction of sp³-hybridized carbons (Fsp3) is 0.130. The van der Waals surface area contributed by atoms with E-state index in [9.17, 15) is 8.78 Å². The maximum atomic E-state index is 13.4. The molecule has 0 aromatic heterocycles. The molecule has 3 rings (SSSR count). The first-order valence-corrected chi connectivity index (χ1v) is 8.55. The Hall–Kier alpha value is -2.94. The van der Waals surface area contributed by atoms with Crippen molar-refractivity contribution < 1.29 is 13.5 Å². The lowest BCUT2D eigenvalue weighted by atomic mass is 9.90. The number of ether oxygens (including phenoxy) is 1. The standard InChI is InChI=1S/C23H20F2O/c1-3-5-18-10-15-21(16-6-11-19(24)12-7-16)22(23(18)26-4-2)17-8-13-20(25)14-9-17/h3,6-15H,1,4-5H2,2H3. The molecule has 132 valence electrons. The van der Waals surface area contributed by atoms with Gasteiger partial charge in [-0.15, -0.1) is 6.58 Å². The fourth-order valence-electron chi connectivity index (χ4n) is 3.02. The van der Waals surface area contributed by atoms with E-state index in [2.05, 4.69) is 6.58 Å². The molecule has 0 amide bonds. The average Bonchev–Trinajstić information content (AvgIpc) is 2.65. The summed E-state index contributed by atoms with van der Waals surface area (Å²) in [4.78, 5) is 0. The molecule has 0 radical (unpaired) electrons. The van der Waals surface area contributed by atoms with Gasteiger partial charge in [-0.1, -0.05) is 42.5 Å². The Kier molecular flexibility index (Phi) is 5.47. The van der Waals surface area contributed by atoms with Crippen LogP contribution in [0.1, 0.15) is 12.5 Å². The summed E-state index contributed by atoms with van der Waals surface area (Å²) in [6.07, 6.45) is 2.48. The highest BCUT2D eigenvalue weighted by molar-refractivity contribution is 5.88. The van der Waals surface area contributed by atoms with Crippen LogP contribution < -0.4 is 4.74 Å². The van der Waals surface area contributed by atoms with Gasteiger partial charge in [0.05, 0.1) is 6.61 Å². The molecule has 3 heteroatoms. The van der Waals surface area contributed by atoms with Gasteiger partial charge >= 0.3 is 0 Å². The molecule has 0 spiro atoms. The lowest BCUT2D eigenvalue weighted by Gasteiger charge is -2.19. The Morgan fingerprint density at radius 3 is 1.96 bits per heavy atom. The topological polar surface area (TPSA) is 9.23 Å². The molecule has 0 saturated heterocycles. The maximum Gasteiger partial charge on any atom is 0.131 e. The normalized spacial score (nSPS) is 10.6. The zero-order valence-electron chi connectivity index (χ0n) is 14.6. The molecule has 0 heterocycles. The van der Waals surface area contributed by atoms with Gasteiger partial charge in [-0.2, -0.15) is 0 Å². The fourth-order valence-corrected chi connectivity index (χ4v) is 3.02. The third-order valence-corrected chi connectivity index (χ3v) is 4.18. The van der Waals surface area contributed by atoms with E-state index in [1.165, 1.54) is 24.3 Å². The third-order valence-electron chi connectivity index (χ3n) is 4.18. The van der Waals surface area contributed by atoms with Crippen molar-refractivity contribution in [3.05, 3.63) is 90.5 Å². The first-order chi connectivity index (χ1) is 12.6. The second-order valence-electron chi connectivity index (χ2n) is 5.92. The van der Waals surface area contributed by atoms with Crippen molar-refractivity contribution in [3.8, 4) is 28.0 Å². The summed E-state index contributed by atoms with van der Waals surface area (Å²) in [6.45, 7) is 6.25. The summed E-state index contributed by atoms with van der Waals surface area (Å²) in [6, 6.07) is 16.7. The minimum absolute atomic E-state index is 0.287. The lowest BCUT2D eigenvalue weighted by Crippen LogP contribution is -2.01. The highest BCUT2D eigenvalue weighted by Gasteiger charge is 2.17. The van der Waals surface area contributed by atoms with Crippen LogP contribution in [0.25, 0.3) is 22.3 Å². The van der Waals surface area contributed by atoms with E-state index in [4.69, 9.17) is 4.74 Å². The van der Waals surface area contributed by atoms with E-state index in [0.717, 1.165) is 33.6 Å². The van der Waals surface area contributed by atoms with Crippen molar-refractivity contribution in [1.29, 1.82) is 0 Å². The molecule has 26 heavy (non-hydrogen) atoms. The molecule has 0 fully saturated rings. The van der Waals surface area contributed by atoms with Gasteiger partial charge in [0, 0.05) is 5.56 Å². The monoisotopic (exact) mass is 350 g/mol.